The van der Waals surface area contributed by atoms with Gasteiger partial charge in [0.2, 0.25) is 0 Å². The SMILES string of the molecule is Cc1cccc(OCC(=O)Nc2ccc(OCC(=O)O)cc2)c1C. The molecule has 0 radical (unpaired) electrons. The normalized spacial score (nSPS) is 10.1. The number of nitrogens with one attached hydrogen (secondary N) is 1. The fraction of sp³-hybridized carbons (Fsp3) is 0.222. The first-order chi connectivity index (χ1) is 11.5. The molecule has 0 fully saturated rings. The Balaban J connectivity index is 1.86. The summed E-state index contributed by atoms with van der Waals surface area (Å²) in [5.41, 5.74) is 2.68. The second-order valence-corrected chi connectivity index (χ2v) is 5.24. The van der Waals surface area contributed by atoms with Crippen LogP contribution in [0.5, 0.6) is 11.5 Å². The number of anilines is 1. The van der Waals surface area contributed by atoms with E-state index in [0.29, 0.717) is 17.2 Å². The van der Waals surface area contributed by atoms with Crippen LogP contribution < -0.4 is 14.8 Å². The summed E-state index contributed by atoms with van der Waals surface area (Å²) in [6, 6.07) is 12.1. The zero-order valence-corrected chi connectivity index (χ0v) is 13.5. The van der Waals surface area contributed by atoms with Gasteiger partial charge in [-0.25, -0.2) is 4.79 Å². The number of carboxylic acids is 1. The van der Waals surface area contributed by atoms with Crippen LogP contribution in [-0.2, 0) is 9.59 Å². The van der Waals surface area contributed by atoms with E-state index in [9.17, 15) is 9.59 Å². The Bertz CT molecular complexity index is 725. The fourth-order valence-corrected chi connectivity index (χ4v) is 2.00. The molecule has 0 bridgehead atoms. The Morgan fingerprint density at radius 1 is 1.00 bits per heavy atom. The summed E-state index contributed by atoms with van der Waals surface area (Å²) in [6.07, 6.45) is 0. The molecular weight excluding hydrogens is 310 g/mol. The van der Waals surface area contributed by atoms with Crippen LogP contribution in [0, 0.1) is 13.8 Å². The summed E-state index contributed by atoms with van der Waals surface area (Å²) in [5.74, 6) is -0.226. The van der Waals surface area contributed by atoms with Crippen molar-refractivity contribution in [2.24, 2.45) is 0 Å². The Morgan fingerprint density at radius 3 is 2.38 bits per heavy atom. The minimum atomic E-state index is -1.05. The van der Waals surface area contributed by atoms with E-state index in [2.05, 4.69) is 5.32 Å². The van der Waals surface area contributed by atoms with Crippen LogP contribution in [0.4, 0.5) is 5.69 Å². The number of hydrogen-bond donors (Lipinski definition) is 2. The molecule has 0 aliphatic rings. The number of benzene rings is 2. The van der Waals surface area contributed by atoms with Gasteiger partial charge in [-0.2, -0.15) is 0 Å². The van der Waals surface area contributed by atoms with Crippen molar-refractivity contribution in [3.8, 4) is 11.5 Å². The quantitative estimate of drug-likeness (QED) is 0.816. The molecule has 126 valence electrons. The highest BCUT2D eigenvalue weighted by Crippen LogP contribution is 2.20. The maximum atomic E-state index is 11.9. The van der Waals surface area contributed by atoms with Crippen molar-refractivity contribution < 1.29 is 24.2 Å². The fourth-order valence-electron chi connectivity index (χ4n) is 2.00. The summed E-state index contributed by atoms with van der Waals surface area (Å²) in [4.78, 5) is 22.4. The van der Waals surface area contributed by atoms with Crippen LogP contribution in [0.2, 0.25) is 0 Å². The average molecular weight is 329 g/mol. The van der Waals surface area contributed by atoms with E-state index in [1.807, 2.05) is 32.0 Å². The van der Waals surface area contributed by atoms with E-state index in [1.165, 1.54) is 0 Å². The van der Waals surface area contributed by atoms with E-state index < -0.39 is 12.6 Å². The molecule has 1 amide bonds. The predicted molar refractivity (Wildman–Crippen MR) is 89.6 cm³/mol. The Hall–Kier alpha value is -3.02. The molecular formula is C18H19NO5. The van der Waals surface area contributed by atoms with Gasteiger partial charge >= 0.3 is 5.97 Å². The van der Waals surface area contributed by atoms with Crippen molar-refractivity contribution in [3.05, 3.63) is 53.6 Å². The van der Waals surface area contributed by atoms with Gasteiger partial charge in [-0.3, -0.25) is 4.79 Å². The molecule has 0 heterocycles. The third-order valence-corrected chi connectivity index (χ3v) is 3.41. The molecule has 2 aromatic rings. The highest BCUT2D eigenvalue weighted by atomic mass is 16.5. The molecule has 0 unspecified atom stereocenters. The van der Waals surface area contributed by atoms with E-state index in [4.69, 9.17) is 14.6 Å². The van der Waals surface area contributed by atoms with Gasteiger partial charge in [0, 0.05) is 5.69 Å². The minimum Gasteiger partial charge on any atom is -0.483 e. The summed E-state index contributed by atoms with van der Waals surface area (Å²) >= 11 is 0. The van der Waals surface area contributed by atoms with Crippen LogP contribution in [-0.4, -0.2) is 30.2 Å². The smallest absolute Gasteiger partial charge is 0.341 e. The topological polar surface area (TPSA) is 84.9 Å². The van der Waals surface area contributed by atoms with Gasteiger partial charge in [0.1, 0.15) is 11.5 Å². The lowest BCUT2D eigenvalue weighted by atomic mass is 10.1. The van der Waals surface area contributed by atoms with Crippen LogP contribution >= 0.6 is 0 Å². The van der Waals surface area contributed by atoms with Gasteiger partial charge < -0.3 is 19.9 Å². The summed E-state index contributed by atoms with van der Waals surface area (Å²) in [7, 11) is 0. The van der Waals surface area contributed by atoms with Gasteiger partial charge in [-0.15, -0.1) is 0 Å². The third kappa shape index (κ3) is 5.01. The number of carbonyl (C=O) groups is 2. The number of carbonyl (C=O) groups excluding carboxylic acids is 1. The molecule has 0 atom stereocenters. The average Bonchev–Trinajstić information content (AvgIpc) is 2.55. The minimum absolute atomic E-state index is 0.0957. The van der Waals surface area contributed by atoms with Gasteiger partial charge in [0.15, 0.2) is 13.2 Å². The largest absolute Gasteiger partial charge is 0.483 e. The summed E-state index contributed by atoms with van der Waals surface area (Å²) < 4.78 is 10.6. The first kappa shape index (κ1) is 17.3. The van der Waals surface area contributed by atoms with Crippen molar-refractivity contribution in [3.63, 3.8) is 0 Å². The molecule has 6 heteroatoms. The van der Waals surface area contributed by atoms with Gasteiger partial charge in [0.05, 0.1) is 0 Å². The Labute approximate surface area is 140 Å². The standard InChI is InChI=1S/C18H19NO5/c1-12-4-3-5-16(13(12)2)24-10-17(20)19-14-6-8-15(9-7-14)23-11-18(21)22/h3-9H,10-11H2,1-2H3,(H,19,20)(H,21,22). The second kappa shape index (κ2) is 8.01. The van der Waals surface area contributed by atoms with Crippen LogP contribution in [0.3, 0.4) is 0 Å². The maximum absolute atomic E-state index is 11.9. The predicted octanol–water partition coefficient (Wildman–Crippen LogP) is 2.78. The zero-order valence-electron chi connectivity index (χ0n) is 13.5. The third-order valence-electron chi connectivity index (χ3n) is 3.41. The Kier molecular flexibility index (Phi) is 5.78. The number of aryl methyl sites for hydroxylation is 1. The number of rotatable bonds is 7. The second-order valence-electron chi connectivity index (χ2n) is 5.24. The highest BCUT2D eigenvalue weighted by Gasteiger charge is 2.07. The van der Waals surface area contributed by atoms with E-state index in [0.717, 1.165) is 11.1 Å². The lowest BCUT2D eigenvalue weighted by Gasteiger charge is -2.11. The van der Waals surface area contributed by atoms with E-state index in [-0.39, 0.29) is 12.5 Å². The summed E-state index contributed by atoms with van der Waals surface area (Å²) in [6.45, 7) is 3.42. The van der Waals surface area contributed by atoms with Crippen molar-refractivity contribution >= 4 is 17.6 Å². The van der Waals surface area contributed by atoms with Crippen LogP contribution in [0.15, 0.2) is 42.5 Å². The van der Waals surface area contributed by atoms with Crippen molar-refractivity contribution in [1.29, 1.82) is 0 Å². The number of hydrogen-bond acceptors (Lipinski definition) is 4. The lowest BCUT2D eigenvalue weighted by molar-refractivity contribution is -0.139. The van der Waals surface area contributed by atoms with E-state index >= 15 is 0 Å². The van der Waals surface area contributed by atoms with Crippen molar-refractivity contribution in [1.82, 2.24) is 0 Å². The number of ether oxygens (including phenoxy) is 2. The molecule has 0 aliphatic carbocycles. The molecule has 2 rings (SSSR count). The van der Waals surface area contributed by atoms with Crippen LogP contribution in [0.1, 0.15) is 11.1 Å². The molecule has 0 aliphatic heterocycles. The molecule has 24 heavy (non-hydrogen) atoms. The molecule has 2 N–H and O–H groups in total. The maximum Gasteiger partial charge on any atom is 0.341 e. The zero-order chi connectivity index (χ0) is 17.5. The molecule has 0 saturated heterocycles. The van der Waals surface area contributed by atoms with Crippen molar-refractivity contribution in [2.45, 2.75) is 13.8 Å². The van der Waals surface area contributed by atoms with Gasteiger partial charge in [-0.1, -0.05) is 12.1 Å². The Morgan fingerprint density at radius 2 is 1.71 bits per heavy atom. The summed E-state index contributed by atoms with van der Waals surface area (Å²) in [5, 5.41) is 11.2. The number of aliphatic carboxylic acids is 1. The molecule has 2 aromatic carbocycles. The lowest BCUT2D eigenvalue weighted by Crippen LogP contribution is -2.20. The molecule has 0 spiro atoms. The molecule has 0 aromatic heterocycles. The van der Waals surface area contributed by atoms with Gasteiger partial charge in [0.25, 0.3) is 5.91 Å². The monoisotopic (exact) mass is 329 g/mol. The molecule has 0 saturated carbocycles. The highest BCUT2D eigenvalue weighted by molar-refractivity contribution is 5.91. The molecule has 6 nitrogen and oxygen atoms in total. The number of amides is 1. The van der Waals surface area contributed by atoms with Crippen LogP contribution in [0.25, 0.3) is 0 Å². The van der Waals surface area contributed by atoms with Gasteiger partial charge in [-0.05, 0) is 55.3 Å². The van der Waals surface area contributed by atoms with Crippen molar-refractivity contribution in [2.75, 3.05) is 18.5 Å². The first-order valence-corrected chi connectivity index (χ1v) is 7.39. The first-order valence-electron chi connectivity index (χ1n) is 7.39. The number of carboxylic acid groups (broad SMARTS) is 1. The van der Waals surface area contributed by atoms with E-state index in [1.54, 1.807) is 24.3 Å².